The number of hydrogen-bond acceptors (Lipinski definition) is 4. The molecule has 0 spiro atoms. The van der Waals surface area contributed by atoms with Crippen LogP contribution in [0.25, 0.3) is 0 Å². The summed E-state index contributed by atoms with van der Waals surface area (Å²) in [6.45, 7) is 2.96. The fourth-order valence-electron chi connectivity index (χ4n) is 2.66. The van der Waals surface area contributed by atoms with Crippen LogP contribution in [0.5, 0.6) is 0 Å². The molecule has 0 radical (unpaired) electrons. The van der Waals surface area contributed by atoms with Crippen LogP contribution in [0, 0.1) is 0 Å². The smallest absolute Gasteiger partial charge is 0.261 e. The number of thiophene rings is 2. The van der Waals surface area contributed by atoms with E-state index >= 15 is 0 Å². The number of hydrogen-bond donors (Lipinski definition) is 1. The van der Waals surface area contributed by atoms with Gasteiger partial charge in [-0.1, -0.05) is 6.07 Å². The third-order valence-corrected chi connectivity index (χ3v) is 5.28. The van der Waals surface area contributed by atoms with Gasteiger partial charge in [0.1, 0.15) is 0 Å². The minimum atomic E-state index is 0.0411. The van der Waals surface area contributed by atoms with Crippen LogP contribution in [0.3, 0.4) is 0 Å². The van der Waals surface area contributed by atoms with E-state index in [2.05, 4.69) is 27.0 Å². The van der Waals surface area contributed by atoms with Crippen LogP contribution in [0.1, 0.15) is 34.1 Å². The lowest BCUT2D eigenvalue weighted by molar-refractivity contribution is 0.0942. The van der Waals surface area contributed by atoms with Crippen molar-refractivity contribution in [1.29, 1.82) is 0 Å². The fraction of sp³-hybridized carbons (Fsp3) is 0.400. The van der Waals surface area contributed by atoms with Crippen molar-refractivity contribution in [1.82, 2.24) is 10.2 Å². The van der Waals surface area contributed by atoms with Crippen molar-refractivity contribution in [3.05, 3.63) is 44.8 Å². The lowest BCUT2D eigenvalue weighted by Gasteiger charge is -2.27. The minimum Gasteiger partial charge on any atom is -0.349 e. The summed E-state index contributed by atoms with van der Waals surface area (Å²) < 4.78 is 0. The van der Waals surface area contributed by atoms with Crippen LogP contribution in [-0.2, 0) is 0 Å². The summed E-state index contributed by atoms with van der Waals surface area (Å²) in [7, 11) is 0. The molecular formula is C15H18N2OS2. The van der Waals surface area contributed by atoms with Gasteiger partial charge in [0.15, 0.2) is 0 Å². The van der Waals surface area contributed by atoms with E-state index < -0.39 is 0 Å². The average Bonchev–Trinajstić information content (AvgIpc) is 3.22. The first-order valence-electron chi connectivity index (χ1n) is 6.92. The van der Waals surface area contributed by atoms with Gasteiger partial charge >= 0.3 is 0 Å². The summed E-state index contributed by atoms with van der Waals surface area (Å²) in [5.74, 6) is 0.0411. The number of likely N-dealkylation sites (tertiary alicyclic amines) is 1. The van der Waals surface area contributed by atoms with Gasteiger partial charge in [-0.25, -0.2) is 0 Å². The molecule has 0 saturated carbocycles. The lowest BCUT2D eigenvalue weighted by atomic mass is 10.1. The summed E-state index contributed by atoms with van der Waals surface area (Å²) in [5, 5.41) is 9.33. The number of nitrogens with zero attached hydrogens (tertiary/aromatic N) is 1. The average molecular weight is 306 g/mol. The molecule has 0 aromatic carbocycles. The quantitative estimate of drug-likeness (QED) is 0.918. The molecule has 1 aliphatic heterocycles. The Morgan fingerprint density at radius 3 is 2.80 bits per heavy atom. The standard InChI is InChI=1S/C15H18N2OS2/c18-15(14-4-3-8-20-14)16-10-13(12-5-9-19-11-12)17-6-1-2-7-17/h3-5,8-9,11,13H,1-2,6-7,10H2,(H,16,18)/t13-/m0/s1. The van der Waals surface area contributed by atoms with Crippen molar-refractivity contribution in [2.75, 3.05) is 19.6 Å². The molecule has 1 saturated heterocycles. The predicted molar refractivity (Wildman–Crippen MR) is 84.5 cm³/mol. The van der Waals surface area contributed by atoms with Crippen molar-refractivity contribution in [2.45, 2.75) is 18.9 Å². The maximum atomic E-state index is 12.1. The molecule has 2 aromatic rings. The van der Waals surface area contributed by atoms with E-state index in [1.54, 1.807) is 11.3 Å². The van der Waals surface area contributed by atoms with Crippen LogP contribution in [0.2, 0.25) is 0 Å². The van der Waals surface area contributed by atoms with E-state index in [1.165, 1.54) is 29.7 Å². The molecule has 3 rings (SSSR count). The highest BCUT2D eigenvalue weighted by Crippen LogP contribution is 2.26. The largest absolute Gasteiger partial charge is 0.349 e. The summed E-state index contributed by atoms with van der Waals surface area (Å²) in [6.07, 6.45) is 2.53. The van der Waals surface area contributed by atoms with E-state index in [0.29, 0.717) is 12.6 Å². The Kier molecular flexibility index (Phi) is 4.50. The zero-order valence-electron chi connectivity index (χ0n) is 11.2. The summed E-state index contributed by atoms with van der Waals surface area (Å²) in [4.78, 5) is 15.3. The van der Waals surface area contributed by atoms with Crippen LogP contribution in [0.15, 0.2) is 34.3 Å². The van der Waals surface area contributed by atoms with Crippen LogP contribution in [0.4, 0.5) is 0 Å². The molecule has 1 aliphatic rings. The van der Waals surface area contributed by atoms with Gasteiger partial charge in [0.25, 0.3) is 5.91 Å². The molecular weight excluding hydrogens is 288 g/mol. The normalized spacial score (nSPS) is 17.2. The second-order valence-corrected chi connectivity index (χ2v) is 6.73. The maximum Gasteiger partial charge on any atom is 0.261 e. The predicted octanol–water partition coefficient (Wildman–Crippen LogP) is 3.38. The Morgan fingerprint density at radius 2 is 2.15 bits per heavy atom. The van der Waals surface area contributed by atoms with E-state index in [4.69, 9.17) is 0 Å². The van der Waals surface area contributed by atoms with E-state index in [0.717, 1.165) is 18.0 Å². The number of carbonyl (C=O) groups excluding carboxylic acids is 1. The van der Waals surface area contributed by atoms with E-state index in [-0.39, 0.29) is 5.91 Å². The summed E-state index contributed by atoms with van der Waals surface area (Å²) in [6, 6.07) is 6.27. The fourth-order valence-corrected chi connectivity index (χ4v) is 4.01. The van der Waals surface area contributed by atoms with Crippen molar-refractivity contribution in [3.63, 3.8) is 0 Å². The van der Waals surface area contributed by atoms with Crippen molar-refractivity contribution < 1.29 is 4.79 Å². The second-order valence-electron chi connectivity index (χ2n) is 5.00. The molecule has 1 amide bonds. The first kappa shape index (κ1) is 13.8. The molecule has 1 N–H and O–H groups in total. The van der Waals surface area contributed by atoms with Gasteiger partial charge in [0.05, 0.1) is 10.9 Å². The third-order valence-electron chi connectivity index (χ3n) is 3.71. The first-order valence-corrected chi connectivity index (χ1v) is 8.74. The number of amides is 1. The van der Waals surface area contributed by atoms with Crippen LogP contribution in [-0.4, -0.2) is 30.4 Å². The van der Waals surface area contributed by atoms with Crippen LogP contribution >= 0.6 is 22.7 Å². The SMILES string of the molecule is O=C(NC[C@@H](c1ccsc1)N1CCCC1)c1cccs1. The van der Waals surface area contributed by atoms with Crippen molar-refractivity contribution >= 4 is 28.6 Å². The van der Waals surface area contributed by atoms with Gasteiger partial charge in [0, 0.05) is 6.54 Å². The Balaban J connectivity index is 1.66. The van der Waals surface area contributed by atoms with Crippen molar-refractivity contribution in [3.8, 4) is 0 Å². The maximum absolute atomic E-state index is 12.1. The number of nitrogens with one attached hydrogen (secondary N) is 1. The molecule has 106 valence electrons. The highest BCUT2D eigenvalue weighted by atomic mass is 32.1. The van der Waals surface area contributed by atoms with Crippen molar-refractivity contribution in [2.24, 2.45) is 0 Å². The van der Waals surface area contributed by atoms with Gasteiger partial charge in [-0.05, 0) is 59.8 Å². The second kappa shape index (κ2) is 6.52. The number of rotatable bonds is 5. The topological polar surface area (TPSA) is 32.3 Å². The number of carbonyl (C=O) groups is 1. The van der Waals surface area contributed by atoms with Gasteiger partial charge in [-0.15, -0.1) is 11.3 Å². The zero-order valence-corrected chi connectivity index (χ0v) is 12.9. The molecule has 3 heterocycles. The minimum absolute atomic E-state index is 0.0411. The Labute approximate surface area is 127 Å². The Bertz CT molecular complexity index is 530. The first-order chi connectivity index (χ1) is 9.84. The van der Waals surface area contributed by atoms with Gasteiger partial charge in [0.2, 0.25) is 0 Å². The van der Waals surface area contributed by atoms with Gasteiger partial charge in [-0.3, -0.25) is 9.69 Å². The highest BCUT2D eigenvalue weighted by Gasteiger charge is 2.24. The molecule has 1 fully saturated rings. The molecule has 0 unspecified atom stereocenters. The third kappa shape index (κ3) is 3.11. The Hall–Kier alpha value is -1.17. The Morgan fingerprint density at radius 1 is 1.30 bits per heavy atom. The van der Waals surface area contributed by atoms with Crippen LogP contribution < -0.4 is 5.32 Å². The molecule has 20 heavy (non-hydrogen) atoms. The highest BCUT2D eigenvalue weighted by molar-refractivity contribution is 7.12. The van der Waals surface area contributed by atoms with Gasteiger partial charge < -0.3 is 5.32 Å². The lowest BCUT2D eigenvalue weighted by Crippen LogP contribution is -2.36. The zero-order chi connectivity index (χ0) is 13.8. The molecule has 0 bridgehead atoms. The molecule has 5 heteroatoms. The van der Waals surface area contributed by atoms with E-state index in [1.807, 2.05) is 17.5 Å². The molecule has 0 aliphatic carbocycles. The van der Waals surface area contributed by atoms with Gasteiger partial charge in [-0.2, -0.15) is 11.3 Å². The molecule has 1 atom stereocenters. The molecule has 3 nitrogen and oxygen atoms in total. The van der Waals surface area contributed by atoms with E-state index in [9.17, 15) is 4.79 Å². The monoisotopic (exact) mass is 306 g/mol. The molecule has 2 aromatic heterocycles. The summed E-state index contributed by atoms with van der Waals surface area (Å²) in [5.41, 5.74) is 1.32. The summed E-state index contributed by atoms with van der Waals surface area (Å²) >= 11 is 3.21.